The second kappa shape index (κ2) is 7.18. The number of carbonyl (C=O) groups excluding carboxylic acids is 2. The van der Waals surface area contributed by atoms with E-state index in [1.54, 1.807) is 6.07 Å². The van der Waals surface area contributed by atoms with Gasteiger partial charge in [-0.2, -0.15) is 0 Å². The van der Waals surface area contributed by atoms with Crippen LogP contribution in [0, 0.1) is 13.8 Å². The Kier molecular flexibility index (Phi) is 4.80. The van der Waals surface area contributed by atoms with Crippen LogP contribution in [0.4, 0.5) is 5.69 Å². The molecule has 3 rings (SSSR count). The van der Waals surface area contributed by atoms with Gasteiger partial charge in [-0.15, -0.1) is 0 Å². The molecule has 0 aromatic heterocycles. The van der Waals surface area contributed by atoms with Gasteiger partial charge in [0.25, 0.3) is 5.91 Å². The Bertz CT molecular complexity index is 947. The zero-order valence-electron chi connectivity index (χ0n) is 14.2. The zero-order valence-corrected chi connectivity index (χ0v) is 14.2. The Balaban J connectivity index is 1.72. The lowest BCUT2D eigenvalue weighted by Gasteiger charge is -2.11. The van der Waals surface area contributed by atoms with E-state index < -0.39 is 0 Å². The summed E-state index contributed by atoms with van der Waals surface area (Å²) >= 11 is 0. The summed E-state index contributed by atoms with van der Waals surface area (Å²) < 4.78 is 5.58. The van der Waals surface area contributed by atoms with Gasteiger partial charge < -0.3 is 10.1 Å². The van der Waals surface area contributed by atoms with Crippen LogP contribution in [0.25, 0.3) is 10.8 Å². The molecule has 0 bridgehead atoms. The Morgan fingerprint density at radius 2 is 1.84 bits per heavy atom. The van der Waals surface area contributed by atoms with Crippen LogP contribution < -0.4 is 10.1 Å². The van der Waals surface area contributed by atoms with Crippen molar-refractivity contribution < 1.29 is 14.3 Å². The summed E-state index contributed by atoms with van der Waals surface area (Å²) in [4.78, 5) is 23.6. The number of benzene rings is 3. The SMILES string of the molecule is Cc1ccc(NC(=O)COc2ccc3ccccc3c2C=O)cc1C. The summed E-state index contributed by atoms with van der Waals surface area (Å²) in [6.45, 7) is 3.85. The van der Waals surface area contributed by atoms with Gasteiger partial charge in [0.05, 0.1) is 5.56 Å². The number of fused-ring (bicyclic) bond motifs is 1. The molecule has 25 heavy (non-hydrogen) atoms. The van der Waals surface area contributed by atoms with Gasteiger partial charge in [-0.25, -0.2) is 0 Å². The minimum absolute atomic E-state index is 0.161. The average Bonchev–Trinajstić information content (AvgIpc) is 2.62. The molecule has 0 heterocycles. The molecule has 0 unspecified atom stereocenters. The van der Waals surface area contributed by atoms with Crippen molar-refractivity contribution in [2.24, 2.45) is 0 Å². The first-order valence-electron chi connectivity index (χ1n) is 8.05. The lowest BCUT2D eigenvalue weighted by molar-refractivity contribution is -0.118. The van der Waals surface area contributed by atoms with E-state index in [2.05, 4.69) is 5.32 Å². The molecule has 4 nitrogen and oxygen atoms in total. The van der Waals surface area contributed by atoms with Gasteiger partial charge in [-0.05, 0) is 53.9 Å². The molecule has 0 saturated heterocycles. The van der Waals surface area contributed by atoms with Crippen molar-refractivity contribution in [2.45, 2.75) is 13.8 Å². The lowest BCUT2D eigenvalue weighted by Crippen LogP contribution is -2.20. The first-order chi connectivity index (χ1) is 12.1. The van der Waals surface area contributed by atoms with E-state index in [-0.39, 0.29) is 12.5 Å². The van der Waals surface area contributed by atoms with Crippen molar-refractivity contribution >= 4 is 28.7 Å². The third-order valence-corrected chi connectivity index (χ3v) is 4.20. The summed E-state index contributed by atoms with van der Waals surface area (Å²) in [5, 5.41) is 4.57. The Morgan fingerprint density at radius 3 is 2.60 bits per heavy atom. The Morgan fingerprint density at radius 1 is 1.04 bits per heavy atom. The number of amides is 1. The molecule has 1 amide bonds. The number of aryl methyl sites for hydroxylation is 2. The highest BCUT2D eigenvalue weighted by atomic mass is 16.5. The maximum atomic E-state index is 12.1. The number of nitrogens with one attached hydrogen (secondary N) is 1. The predicted molar refractivity (Wildman–Crippen MR) is 99.4 cm³/mol. The van der Waals surface area contributed by atoms with E-state index in [4.69, 9.17) is 4.74 Å². The van der Waals surface area contributed by atoms with E-state index in [1.807, 2.05) is 62.4 Å². The van der Waals surface area contributed by atoms with Crippen molar-refractivity contribution in [2.75, 3.05) is 11.9 Å². The van der Waals surface area contributed by atoms with Crippen LogP contribution in [0.3, 0.4) is 0 Å². The van der Waals surface area contributed by atoms with Crippen LogP contribution in [-0.4, -0.2) is 18.8 Å². The standard InChI is InChI=1S/C21H19NO3/c1-14-7-9-17(11-15(14)2)22-21(24)13-25-20-10-8-16-5-3-4-6-18(16)19(20)12-23/h3-12H,13H2,1-2H3,(H,22,24). The molecular formula is C21H19NO3. The van der Waals surface area contributed by atoms with E-state index in [0.717, 1.165) is 28.3 Å². The molecule has 0 aliphatic rings. The van der Waals surface area contributed by atoms with Crippen molar-refractivity contribution in [3.8, 4) is 5.75 Å². The fourth-order valence-electron chi connectivity index (χ4n) is 2.68. The maximum Gasteiger partial charge on any atom is 0.262 e. The Hall–Kier alpha value is -3.14. The maximum absolute atomic E-state index is 12.1. The Labute approximate surface area is 146 Å². The first-order valence-corrected chi connectivity index (χ1v) is 8.05. The van der Waals surface area contributed by atoms with Gasteiger partial charge in [0.2, 0.25) is 0 Å². The highest BCUT2D eigenvalue weighted by Crippen LogP contribution is 2.26. The topological polar surface area (TPSA) is 55.4 Å². The zero-order chi connectivity index (χ0) is 17.8. The van der Waals surface area contributed by atoms with Crippen LogP contribution >= 0.6 is 0 Å². The molecule has 0 aliphatic heterocycles. The fourth-order valence-corrected chi connectivity index (χ4v) is 2.68. The molecule has 126 valence electrons. The van der Waals surface area contributed by atoms with Crippen LogP contribution in [0.2, 0.25) is 0 Å². The minimum Gasteiger partial charge on any atom is -0.483 e. The first kappa shape index (κ1) is 16.7. The van der Waals surface area contributed by atoms with E-state index >= 15 is 0 Å². The summed E-state index contributed by atoms with van der Waals surface area (Å²) in [7, 11) is 0. The summed E-state index contributed by atoms with van der Waals surface area (Å²) in [5.41, 5.74) is 3.46. The van der Waals surface area contributed by atoms with Crippen LogP contribution in [0.1, 0.15) is 21.5 Å². The minimum atomic E-state index is -0.270. The molecule has 3 aromatic carbocycles. The summed E-state index contributed by atoms with van der Waals surface area (Å²) in [6, 6.07) is 16.9. The monoisotopic (exact) mass is 333 g/mol. The molecule has 1 N–H and O–H groups in total. The number of carbonyl (C=O) groups is 2. The van der Waals surface area contributed by atoms with Gasteiger partial charge in [0.15, 0.2) is 12.9 Å². The molecular weight excluding hydrogens is 314 g/mol. The van der Waals surface area contributed by atoms with Crippen molar-refractivity contribution in [3.63, 3.8) is 0 Å². The number of anilines is 1. The highest BCUT2D eigenvalue weighted by molar-refractivity contribution is 6.01. The third-order valence-electron chi connectivity index (χ3n) is 4.20. The van der Waals surface area contributed by atoms with Gasteiger partial charge >= 0.3 is 0 Å². The second-order valence-corrected chi connectivity index (χ2v) is 5.95. The number of hydrogen-bond donors (Lipinski definition) is 1. The lowest BCUT2D eigenvalue weighted by atomic mass is 10.0. The predicted octanol–water partition coefficient (Wildman–Crippen LogP) is 4.29. The van der Waals surface area contributed by atoms with E-state index in [9.17, 15) is 9.59 Å². The number of aldehydes is 1. The number of hydrogen-bond acceptors (Lipinski definition) is 3. The molecule has 0 atom stereocenters. The van der Waals surface area contributed by atoms with Crippen LogP contribution in [-0.2, 0) is 4.79 Å². The van der Waals surface area contributed by atoms with E-state index in [1.165, 1.54) is 5.56 Å². The largest absolute Gasteiger partial charge is 0.483 e. The summed E-state index contributed by atoms with van der Waals surface area (Å²) in [6.07, 6.45) is 0.763. The molecule has 0 radical (unpaired) electrons. The van der Waals surface area contributed by atoms with E-state index in [0.29, 0.717) is 11.3 Å². The quantitative estimate of drug-likeness (QED) is 0.709. The highest BCUT2D eigenvalue weighted by Gasteiger charge is 2.10. The molecule has 0 spiro atoms. The molecule has 0 fully saturated rings. The smallest absolute Gasteiger partial charge is 0.262 e. The van der Waals surface area contributed by atoms with Crippen molar-refractivity contribution in [3.05, 3.63) is 71.3 Å². The van der Waals surface area contributed by atoms with Gasteiger partial charge in [0.1, 0.15) is 5.75 Å². The summed E-state index contributed by atoms with van der Waals surface area (Å²) in [5.74, 6) is 0.136. The van der Waals surface area contributed by atoms with Gasteiger partial charge in [-0.3, -0.25) is 9.59 Å². The third kappa shape index (κ3) is 3.69. The fraction of sp³-hybridized carbons (Fsp3) is 0.143. The second-order valence-electron chi connectivity index (χ2n) is 5.95. The number of ether oxygens (including phenoxy) is 1. The van der Waals surface area contributed by atoms with Gasteiger partial charge in [0, 0.05) is 5.69 Å². The normalized spacial score (nSPS) is 10.5. The number of rotatable bonds is 5. The van der Waals surface area contributed by atoms with Crippen molar-refractivity contribution in [1.82, 2.24) is 0 Å². The van der Waals surface area contributed by atoms with Gasteiger partial charge in [-0.1, -0.05) is 36.4 Å². The van der Waals surface area contributed by atoms with Crippen LogP contribution in [0.15, 0.2) is 54.6 Å². The molecule has 3 aromatic rings. The molecule has 0 aliphatic carbocycles. The molecule has 4 heteroatoms. The van der Waals surface area contributed by atoms with Crippen LogP contribution in [0.5, 0.6) is 5.75 Å². The van der Waals surface area contributed by atoms with Crippen molar-refractivity contribution in [1.29, 1.82) is 0 Å². The molecule has 0 saturated carbocycles. The average molecular weight is 333 g/mol.